The van der Waals surface area contributed by atoms with E-state index in [-0.39, 0.29) is 16.6 Å². The van der Waals surface area contributed by atoms with Crippen LogP contribution in [0.15, 0.2) is 53.2 Å². The molecule has 30 heavy (non-hydrogen) atoms. The van der Waals surface area contributed by atoms with Gasteiger partial charge in [0.05, 0.1) is 5.69 Å². The minimum Gasteiger partial charge on any atom is -0.350 e. The SMILES string of the molecule is Cc1cccc(N2C(=O)C(Cl)=C(Nc3ccc(C(=O)N4CCCC4)cc3)C2=O)c1C. The fourth-order valence-electron chi connectivity index (χ4n) is 3.75. The van der Waals surface area contributed by atoms with Crippen LogP contribution < -0.4 is 10.2 Å². The minimum atomic E-state index is -0.557. The molecule has 1 saturated heterocycles. The molecule has 154 valence electrons. The molecule has 2 aromatic rings. The molecule has 3 amide bonds. The smallest absolute Gasteiger partial charge is 0.283 e. The second-order valence-corrected chi connectivity index (χ2v) is 7.93. The lowest BCUT2D eigenvalue weighted by Crippen LogP contribution is -2.33. The van der Waals surface area contributed by atoms with Crippen molar-refractivity contribution >= 4 is 40.7 Å². The van der Waals surface area contributed by atoms with Crippen molar-refractivity contribution in [2.45, 2.75) is 26.7 Å². The van der Waals surface area contributed by atoms with Gasteiger partial charge in [0, 0.05) is 24.3 Å². The Labute approximate surface area is 180 Å². The predicted octanol–water partition coefficient (Wildman–Crippen LogP) is 3.98. The summed E-state index contributed by atoms with van der Waals surface area (Å²) in [6.45, 7) is 5.35. The molecule has 7 heteroatoms. The van der Waals surface area contributed by atoms with Crippen LogP contribution in [0.5, 0.6) is 0 Å². The van der Waals surface area contributed by atoms with Gasteiger partial charge in [-0.1, -0.05) is 23.7 Å². The van der Waals surface area contributed by atoms with E-state index in [1.54, 1.807) is 36.4 Å². The normalized spacial score (nSPS) is 16.6. The van der Waals surface area contributed by atoms with Gasteiger partial charge in [0.15, 0.2) is 0 Å². The van der Waals surface area contributed by atoms with Crippen molar-refractivity contribution in [3.63, 3.8) is 0 Å². The van der Waals surface area contributed by atoms with Crippen LogP contribution in [-0.4, -0.2) is 35.7 Å². The van der Waals surface area contributed by atoms with Crippen LogP contribution in [0.2, 0.25) is 0 Å². The highest BCUT2D eigenvalue weighted by Crippen LogP contribution is 2.33. The van der Waals surface area contributed by atoms with Crippen molar-refractivity contribution in [1.82, 2.24) is 4.90 Å². The molecule has 4 rings (SSSR count). The van der Waals surface area contributed by atoms with Gasteiger partial charge in [-0.05, 0) is 68.1 Å². The minimum absolute atomic E-state index is 0.00418. The molecule has 1 N–H and O–H groups in total. The van der Waals surface area contributed by atoms with Crippen LogP contribution in [0.4, 0.5) is 11.4 Å². The molecule has 0 saturated carbocycles. The lowest BCUT2D eigenvalue weighted by atomic mass is 10.1. The highest BCUT2D eigenvalue weighted by atomic mass is 35.5. The first-order valence-corrected chi connectivity index (χ1v) is 10.3. The molecule has 0 bridgehead atoms. The molecule has 2 heterocycles. The largest absolute Gasteiger partial charge is 0.350 e. The summed E-state index contributed by atoms with van der Waals surface area (Å²) in [7, 11) is 0. The monoisotopic (exact) mass is 423 g/mol. The lowest BCUT2D eigenvalue weighted by Gasteiger charge is -2.18. The van der Waals surface area contributed by atoms with Crippen LogP contribution in [0, 0.1) is 13.8 Å². The third-order valence-corrected chi connectivity index (χ3v) is 5.99. The van der Waals surface area contributed by atoms with Crippen molar-refractivity contribution in [3.05, 3.63) is 69.9 Å². The van der Waals surface area contributed by atoms with Gasteiger partial charge in [0.1, 0.15) is 10.7 Å². The van der Waals surface area contributed by atoms with Crippen LogP contribution in [-0.2, 0) is 9.59 Å². The van der Waals surface area contributed by atoms with E-state index in [0.29, 0.717) is 16.9 Å². The highest BCUT2D eigenvalue weighted by molar-refractivity contribution is 6.53. The molecule has 2 aromatic carbocycles. The molecule has 2 aliphatic rings. The van der Waals surface area contributed by atoms with Gasteiger partial charge in [-0.15, -0.1) is 0 Å². The number of likely N-dealkylation sites (tertiary alicyclic amines) is 1. The molecule has 0 radical (unpaired) electrons. The number of halogens is 1. The quantitative estimate of drug-likeness (QED) is 0.755. The van der Waals surface area contributed by atoms with Gasteiger partial charge < -0.3 is 10.2 Å². The number of anilines is 2. The maximum atomic E-state index is 13.0. The summed E-state index contributed by atoms with van der Waals surface area (Å²) in [4.78, 5) is 41.1. The lowest BCUT2D eigenvalue weighted by molar-refractivity contribution is -0.120. The average Bonchev–Trinajstić information content (AvgIpc) is 3.35. The maximum Gasteiger partial charge on any atom is 0.283 e. The van der Waals surface area contributed by atoms with E-state index in [2.05, 4.69) is 5.32 Å². The Balaban J connectivity index is 1.54. The fourth-order valence-corrected chi connectivity index (χ4v) is 3.96. The predicted molar refractivity (Wildman–Crippen MR) is 116 cm³/mol. The summed E-state index contributed by atoms with van der Waals surface area (Å²) < 4.78 is 0. The molecule has 1 fully saturated rings. The average molecular weight is 424 g/mol. The van der Waals surface area contributed by atoms with Gasteiger partial charge in [-0.3, -0.25) is 14.4 Å². The number of nitrogens with zero attached hydrogens (tertiary/aromatic N) is 2. The number of carbonyl (C=O) groups is 3. The van der Waals surface area contributed by atoms with Crippen molar-refractivity contribution in [2.24, 2.45) is 0 Å². The molecule has 6 nitrogen and oxygen atoms in total. The zero-order valence-electron chi connectivity index (χ0n) is 16.9. The van der Waals surface area contributed by atoms with Gasteiger partial charge in [0.2, 0.25) is 0 Å². The van der Waals surface area contributed by atoms with E-state index in [0.717, 1.165) is 42.0 Å². The van der Waals surface area contributed by atoms with E-state index >= 15 is 0 Å². The van der Waals surface area contributed by atoms with Gasteiger partial charge in [-0.2, -0.15) is 0 Å². The zero-order valence-corrected chi connectivity index (χ0v) is 17.6. The first kappa shape index (κ1) is 20.2. The Morgan fingerprint density at radius 1 is 0.967 bits per heavy atom. The van der Waals surface area contributed by atoms with Crippen molar-refractivity contribution in [1.29, 1.82) is 0 Å². The van der Waals surface area contributed by atoms with Crippen LogP contribution >= 0.6 is 11.6 Å². The summed E-state index contributed by atoms with van der Waals surface area (Å²) in [5, 5.41) is 2.80. The van der Waals surface area contributed by atoms with E-state index in [9.17, 15) is 14.4 Å². The van der Waals surface area contributed by atoms with E-state index < -0.39 is 11.8 Å². The standard InChI is InChI=1S/C23H22ClN3O3/c1-14-6-5-7-18(15(14)2)27-22(29)19(24)20(23(27)30)25-17-10-8-16(9-11-17)21(28)26-12-3-4-13-26/h5-11,25H,3-4,12-13H2,1-2H3. The molecule has 0 atom stereocenters. The number of aryl methyl sites for hydroxylation is 1. The number of hydrogen-bond donors (Lipinski definition) is 1. The molecule has 0 aliphatic carbocycles. The van der Waals surface area contributed by atoms with Crippen LogP contribution in [0.25, 0.3) is 0 Å². The number of benzene rings is 2. The second kappa shape index (κ2) is 7.95. The number of rotatable bonds is 4. The van der Waals surface area contributed by atoms with Gasteiger partial charge in [-0.25, -0.2) is 4.90 Å². The fraction of sp³-hybridized carbons (Fsp3) is 0.261. The van der Waals surface area contributed by atoms with Crippen molar-refractivity contribution in [3.8, 4) is 0 Å². The number of carbonyl (C=O) groups excluding carboxylic acids is 3. The Hall–Kier alpha value is -3.12. The van der Waals surface area contributed by atoms with E-state index in [4.69, 9.17) is 11.6 Å². The Kier molecular flexibility index (Phi) is 5.35. The first-order chi connectivity index (χ1) is 14.4. The van der Waals surface area contributed by atoms with Gasteiger partial charge >= 0.3 is 0 Å². The Bertz CT molecular complexity index is 1070. The maximum absolute atomic E-state index is 13.0. The number of amides is 3. The molecular weight excluding hydrogens is 402 g/mol. The number of imide groups is 1. The summed E-state index contributed by atoms with van der Waals surface area (Å²) in [6, 6.07) is 12.3. The van der Waals surface area contributed by atoms with E-state index in [1.807, 2.05) is 24.8 Å². The molecule has 0 spiro atoms. The number of hydrogen-bond acceptors (Lipinski definition) is 4. The molecule has 0 aromatic heterocycles. The van der Waals surface area contributed by atoms with Crippen LogP contribution in [0.1, 0.15) is 34.3 Å². The van der Waals surface area contributed by atoms with Crippen molar-refractivity contribution in [2.75, 3.05) is 23.3 Å². The Morgan fingerprint density at radius 3 is 2.30 bits per heavy atom. The zero-order chi connectivity index (χ0) is 21.4. The third-order valence-electron chi connectivity index (χ3n) is 5.64. The molecule has 2 aliphatic heterocycles. The van der Waals surface area contributed by atoms with E-state index in [1.165, 1.54) is 0 Å². The third kappa shape index (κ3) is 3.48. The molecular formula is C23H22ClN3O3. The summed E-state index contributed by atoms with van der Waals surface area (Å²) >= 11 is 6.22. The number of nitrogens with one attached hydrogen (secondary N) is 1. The molecule has 0 unspecified atom stereocenters. The second-order valence-electron chi connectivity index (χ2n) is 7.56. The Morgan fingerprint density at radius 2 is 1.63 bits per heavy atom. The van der Waals surface area contributed by atoms with Crippen molar-refractivity contribution < 1.29 is 14.4 Å². The van der Waals surface area contributed by atoms with Crippen LogP contribution in [0.3, 0.4) is 0 Å². The summed E-state index contributed by atoms with van der Waals surface area (Å²) in [5.74, 6) is -1.06. The summed E-state index contributed by atoms with van der Waals surface area (Å²) in [5.41, 5.74) is 3.53. The first-order valence-electron chi connectivity index (χ1n) is 9.89. The highest BCUT2D eigenvalue weighted by Gasteiger charge is 2.39. The summed E-state index contributed by atoms with van der Waals surface area (Å²) in [6.07, 6.45) is 2.07. The topological polar surface area (TPSA) is 69.7 Å². The van der Waals surface area contributed by atoms with Gasteiger partial charge in [0.25, 0.3) is 17.7 Å².